The largest absolute Gasteiger partial charge is 0.354 e. The second-order valence-corrected chi connectivity index (χ2v) is 5.56. The summed E-state index contributed by atoms with van der Waals surface area (Å²) in [7, 11) is 0. The minimum absolute atomic E-state index is 0. The van der Waals surface area contributed by atoms with Gasteiger partial charge in [-0.2, -0.15) is 0 Å². The lowest BCUT2D eigenvalue weighted by molar-refractivity contribution is -0.125. The van der Waals surface area contributed by atoms with Crippen molar-refractivity contribution in [2.75, 3.05) is 19.6 Å². The maximum Gasteiger partial charge on any atom is 0.254 e. The zero-order valence-electron chi connectivity index (χ0n) is 12.9. The highest BCUT2D eigenvalue weighted by Crippen LogP contribution is 2.30. The average Bonchev–Trinajstić information content (AvgIpc) is 3.00. The van der Waals surface area contributed by atoms with E-state index in [1.807, 2.05) is 0 Å². The molecule has 2 atom stereocenters. The third-order valence-electron chi connectivity index (χ3n) is 4.13. The number of nitrogens with one attached hydrogen (secondary N) is 2. The normalized spacial score (nSPS) is 19.7. The van der Waals surface area contributed by atoms with Gasteiger partial charge < -0.3 is 16.4 Å². The molecule has 0 saturated heterocycles. The van der Waals surface area contributed by atoms with Gasteiger partial charge in [0.2, 0.25) is 5.91 Å². The summed E-state index contributed by atoms with van der Waals surface area (Å²) in [5.41, 5.74) is 5.67. The predicted molar refractivity (Wildman–Crippen MR) is 88.9 cm³/mol. The van der Waals surface area contributed by atoms with Crippen LogP contribution in [0, 0.1) is 17.7 Å². The first kappa shape index (κ1) is 19.4. The molecule has 1 aromatic carbocycles. The van der Waals surface area contributed by atoms with Crippen LogP contribution in [0.25, 0.3) is 0 Å². The molecule has 128 valence electrons. The molecule has 1 aliphatic rings. The second-order valence-electron chi connectivity index (χ2n) is 5.56. The van der Waals surface area contributed by atoms with Gasteiger partial charge in [0.15, 0.2) is 0 Å². The van der Waals surface area contributed by atoms with Crippen molar-refractivity contribution in [2.24, 2.45) is 17.6 Å². The van der Waals surface area contributed by atoms with Crippen LogP contribution in [0.1, 0.15) is 29.6 Å². The van der Waals surface area contributed by atoms with Crippen LogP contribution in [-0.2, 0) is 4.79 Å². The molecule has 1 fully saturated rings. The Kier molecular flexibility index (Phi) is 7.98. The van der Waals surface area contributed by atoms with Crippen LogP contribution in [-0.4, -0.2) is 31.4 Å². The van der Waals surface area contributed by atoms with Gasteiger partial charge in [0, 0.05) is 19.0 Å². The van der Waals surface area contributed by atoms with Gasteiger partial charge in [0.05, 0.1) is 5.56 Å². The van der Waals surface area contributed by atoms with E-state index in [1.165, 1.54) is 18.2 Å². The van der Waals surface area contributed by atoms with E-state index in [4.69, 9.17) is 5.73 Å². The highest BCUT2D eigenvalue weighted by atomic mass is 35.5. The van der Waals surface area contributed by atoms with Crippen molar-refractivity contribution in [1.29, 1.82) is 0 Å². The lowest BCUT2D eigenvalue weighted by Crippen LogP contribution is -2.39. The van der Waals surface area contributed by atoms with E-state index in [0.717, 1.165) is 19.3 Å². The van der Waals surface area contributed by atoms with Crippen molar-refractivity contribution >= 4 is 24.2 Å². The minimum Gasteiger partial charge on any atom is -0.354 e. The first-order valence-corrected chi connectivity index (χ1v) is 7.64. The van der Waals surface area contributed by atoms with Gasteiger partial charge in [-0.1, -0.05) is 18.6 Å². The summed E-state index contributed by atoms with van der Waals surface area (Å²) in [6, 6.07) is 5.80. The monoisotopic (exact) mass is 343 g/mol. The maximum absolute atomic E-state index is 13.4. The number of rotatable bonds is 6. The number of carbonyl (C=O) groups excluding carboxylic acids is 2. The zero-order valence-corrected chi connectivity index (χ0v) is 13.7. The van der Waals surface area contributed by atoms with Crippen molar-refractivity contribution in [2.45, 2.75) is 19.3 Å². The Morgan fingerprint density at radius 2 is 1.87 bits per heavy atom. The van der Waals surface area contributed by atoms with Gasteiger partial charge in [-0.25, -0.2) is 4.39 Å². The van der Waals surface area contributed by atoms with Crippen molar-refractivity contribution in [3.05, 3.63) is 35.6 Å². The van der Waals surface area contributed by atoms with E-state index in [0.29, 0.717) is 13.1 Å². The lowest BCUT2D eigenvalue weighted by atomic mass is 9.95. The molecule has 0 aliphatic heterocycles. The van der Waals surface area contributed by atoms with Crippen LogP contribution >= 0.6 is 12.4 Å². The van der Waals surface area contributed by atoms with Crippen molar-refractivity contribution in [3.63, 3.8) is 0 Å². The van der Waals surface area contributed by atoms with Gasteiger partial charge in [-0.15, -0.1) is 12.4 Å². The molecule has 4 N–H and O–H groups in total. The number of nitrogens with two attached hydrogens (primary N) is 1. The van der Waals surface area contributed by atoms with Gasteiger partial charge in [-0.05, 0) is 37.4 Å². The lowest BCUT2D eigenvalue weighted by Gasteiger charge is -2.17. The van der Waals surface area contributed by atoms with Crippen molar-refractivity contribution in [3.8, 4) is 0 Å². The van der Waals surface area contributed by atoms with Crippen LogP contribution < -0.4 is 16.4 Å². The highest BCUT2D eigenvalue weighted by Gasteiger charge is 2.31. The van der Waals surface area contributed by atoms with E-state index >= 15 is 0 Å². The standard InChI is InChI=1S/C16H22FN3O2.ClH/c17-14-7-2-1-5-13(14)16(22)20-9-8-19-15(21)12-6-3-4-11(12)10-18;/h1-2,5,7,11-12H,3-4,6,8-10,18H2,(H,19,21)(H,20,22);1H/t11-,12-;/m1./s1. The van der Waals surface area contributed by atoms with Gasteiger partial charge >= 0.3 is 0 Å². The van der Waals surface area contributed by atoms with E-state index < -0.39 is 11.7 Å². The summed E-state index contributed by atoms with van der Waals surface area (Å²) in [6.07, 6.45) is 2.90. The molecule has 1 aromatic rings. The third kappa shape index (κ3) is 5.18. The van der Waals surface area contributed by atoms with Crippen molar-refractivity contribution in [1.82, 2.24) is 10.6 Å². The van der Waals surface area contributed by atoms with E-state index in [9.17, 15) is 14.0 Å². The molecule has 0 aromatic heterocycles. The average molecular weight is 344 g/mol. The molecule has 5 nitrogen and oxygen atoms in total. The number of hydrogen-bond acceptors (Lipinski definition) is 3. The molecule has 1 saturated carbocycles. The molecule has 1 aliphatic carbocycles. The molecule has 0 unspecified atom stereocenters. The van der Waals surface area contributed by atoms with E-state index in [2.05, 4.69) is 10.6 Å². The highest BCUT2D eigenvalue weighted by molar-refractivity contribution is 5.94. The molecule has 23 heavy (non-hydrogen) atoms. The summed E-state index contributed by atoms with van der Waals surface area (Å²) in [6.45, 7) is 1.12. The molecule has 2 rings (SSSR count). The van der Waals surface area contributed by atoms with E-state index in [1.54, 1.807) is 6.07 Å². The number of halogens is 2. The van der Waals surface area contributed by atoms with Crippen LogP contribution in [0.4, 0.5) is 4.39 Å². The van der Waals surface area contributed by atoms with Crippen molar-refractivity contribution < 1.29 is 14.0 Å². The molecule has 7 heteroatoms. The first-order valence-electron chi connectivity index (χ1n) is 7.64. The Bertz CT molecular complexity index is 542. The Morgan fingerprint density at radius 1 is 1.17 bits per heavy atom. The Hall–Kier alpha value is -1.66. The zero-order chi connectivity index (χ0) is 15.9. The molecule has 0 bridgehead atoms. The Labute approximate surface area is 141 Å². The first-order chi connectivity index (χ1) is 10.6. The summed E-state index contributed by atoms with van der Waals surface area (Å²) >= 11 is 0. The molecular weight excluding hydrogens is 321 g/mol. The Morgan fingerprint density at radius 3 is 2.57 bits per heavy atom. The third-order valence-corrected chi connectivity index (χ3v) is 4.13. The predicted octanol–water partition coefficient (Wildman–Crippen LogP) is 1.47. The molecule has 2 amide bonds. The van der Waals surface area contributed by atoms with Gasteiger partial charge in [-0.3, -0.25) is 9.59 Å². The maximum atomic E-state index is 13.4. The van der Waals surface area contributed by atoms with Crippen LogP contribution in [0.2, 0.25) is 0 Å². The molecule has 0 heterocycles. The van der Waals surface area contributed by atoms with Crippen LogP contribution in [0.5, 0.6) is 0 Å². The molecular formula is C16H23ClFN3O2. The number of amides is 2. The van der Waals surface area contributed by atoms with E-state index in [-0.39, 0.29) is 42.3 Å². The fourth-order valence-corrected chi connectivity index (χ4v) is 2.90. The molecule has 0 radical (unpaired) electrons. The summed E-state index contributed by atoms with van der Waals surface area (Å²) in [5, 5.41) is 5.40. The molecule has 0 spiro atoms. The summed E-state index contributed by atoms with van der Waals surface area (Å²) in [4.78, 5) is 23.8. The smallest absolute Gasteiger partial charge is 0.254 e. The fourth-order valence-electron chi connectivity index (χ4n) is 2.90. The number of benzene rings is 1. The van der Waals surface area contributed by atoms with Gasteiger partial charge in [0.25, 0.3) is 5.91 Å². The van der Waals surface area contributed by atoms with Crippen LogP contribution in [0.15, 0.2) is 24.3 Å². The topological polar surface area (TPSA) is 84.2 Å². The SMILES string of the molecule is Cl.NC[C@H]1CCC[C@H]1C(=O)NCCNC(=O)c1ccccc1F. The Balaban J connectivity index is 0.00000264. The van der Waals surface area contributed by atoms with Crippen LogP contribution in [0.3, 0.4) is 0 Å². The fraction of sp³-hybridized carbons (Fsp3) is 0.500. The minimum atomic E-state index is -0.555. The number of carbonyl (C=O) groups is 2. The quantitative estimate of drug-likeness (QED) is 0.684. The second kappa shape index (κ2) is 9.47. The number of hydrogen-bond donors (Lipinski definition) is 3. The van der Waals surface area contributed by atoms with Gasteiger partial charge in [0.1, 0.15) is 5.82 Å². The summed E-state index contributed by atoms with van der Waals surface area (Å²) in [5.74, 6) is -0.804. The summed E-state index contributed by atoms with van der Waals surface area (Å²) < 4.78 is 13.4.